The van der Waals surface area contributed by atoms with Crippen molar-refractivity contribution in [1.82, 2.24) is 0 Å². The topological polar surface area (TPSA) is 66.8 Å². The second-order valence-corrected chi connectivity index (χ2v) is 6.85. The van der Waals surface area contributed by atoms with Gasteiger partial charge in [0.1, 0.15) is 0 Å². The number of rotatable bonds is 2. The maximum atomic E-state index is 13.0. The van der Waals surface area contributed by atoms with Gasteiger partial charge < -0.3 is 14.7 Å². The highest BCUT2D eigenvalue weighted by molar-refractivity contribution is 6.02. The Labute approximate surface area is 158 Å². The molecule has 0 fully saturated rings. The predicted octanol–water partition coefficient (Wildman–Crippen LogP) is 2.91. The number of anilines is 1. The number of esters is 1. The van der Waals surface area contributed by atoms with Crippen molar-refractivity contribution in [3.63, 3.8) is 0 Å². The Balaban J connectivity index is 1.63. The minimum Gasteiger partial charge on any atom is -0.448 e. The van der Waals surface area contributed by atoms with E-state index in [4.69, 9.17) is 4.74 Å². The number of nitrogens with zero attached hydrogens (tertiary/aromatic N) is 1. The first-order chi connectivity index (χ1) is 13.3. The monoisotopic (exact) mass is 391 g/mol. The summed E-state index contributed by atoms with van der Waals surface area (Å²) in [5.74, 6) is -1.59. The molecule has 146 valence electrons. The van der Waals surface area contributed by atoms with Crippen LogP contribution in [0.2, 0.25) is 0 Å². The van der Waals surface area contributed by atoms with Crippen LogP contribution in [0.15, 0.2) is 42.5 Å². The lowest BCUT2D eigenvalue weighted by Gasteiger charge is -2.28. The van der Waals surface area contributed by atoms with Crippen LogP contribution in [0, 0.1) is 0 Å². The standard InChI is InChI=1S/C20H16F3NO4/c21-20(22,23)13-5-6-15-11(7-13)8-17(28-19(15)27)18(26)24-9-12(10-25)14-3-1-2-4-16(14)24/h1-7,12,17,25H,8-10H2. The van der Waals surface area contributed by atoms with Crippen molar-refractivity contribution in [2.24, 2.45) is 0 Å². The molecule has 0 spiro atoms. The third-order valence-corrected chi connectivity index (χ3v) is 5.14. The van der Waals surface area contributed by atoms with Crippen molar-refractivity contribution in [3.8, 4) is 0 Å². The predicted molar refractivity (Wildman–Crippen MR) is 93.0 cm³/mol. The number of ether oxygens (including phenoxy) is 1. The van der Waals surface area contributed by atoms with Crippen LogP contribution in [0.25, 0.3) is 0 Å². The van der Waals surface area contributed by atoms with Crippen LogP contribution in [0.5, 0.6) is 0 Å². The largest absolute Gasteiger partial charge is 0.448 e. The summed E-state index contributed by atoms with van der Waals surface area (Å²) < 4.78 is 44.2. The highest BCUT2D eigenvalue weighted by Crippen LogP contribution is 2.37. The van der Waals surface area contributed by atoms with Crippen LogP contribution in [0.3, 0.4) is 0 Å². The first-order valence-corrected chi connectivity index (χ1v) is 8.72. The zero-order valence-electron chi connectivity index (χ0n) is 14.6. The van der Waals surface area contributed by atoms with Crippen LogP contribution in [0.1, 0.15) is 33.0 Å². The number of para-hydroxylation sites is 1. The summed E-state index contributed by atoms with van der Waals surface area (Å²) in [5, 5.41) is 9.57. The molecule has 2 aromatic carbocycles. The molecule has 2 unspecified atom stereocenters. The van der Waals surface area contributed by atoms with Crippen LogP contribution >= 0.6 is 0 Å². The van der Waals surface area contributed by atoms with E-state index in [9.17, 15) is 27.9 Å². The highest BCUT2D eigenvalue weighted by atomic mass is 19.4. The average Bonchev–Trinajstić information content (AvgIpc) is 3.05. The molecule has 8 heteroatoms. The number of cyclic esters (lactones) is 1. The van der Waals surface area contributed by atoms with Gasteiger partial charge in [-0.15, -0.1) is 0 Å². The maximum absolute atomic E-state index is 13.0. The molecule has 0 saturated heterocycles. The van der Waals surface area contributed by atoms with E-state index in [1.165, 1.54) is 4.90 Å². The Morgan fingerprint density at radius 1 is 1.21 bits per heavy atom. The van der Waals surface area contributed by atoms with Gasteiger partial charge in [0.05, 0.1) is 17.7 Å². The summed E-state index contributed by atoms with van der Waals surface area (Å²) in [6.45, 7) is 0.0706. The van der Waals surface area contributed by atoms with Gasteiger partial charge in [0.25, 0.3) is 5.91 Å². The molecule has 0 aromatic heterocycles. The van der Waals surface area contributed by atoms with Crippen molar-refractivity contribution >= 4 is 17.6 Å². The number of carbonyl (C=O) groups is 2. The van der Waals surface area contributed by atoms with Crippen molar-refractivity contribution < 1.29 is 32.6 Å². The van der Waals surface area contributed by atoms with Gasteiger partial charge in [-0.25, -0.2) is 4.79 Å². The number of amides is 1. The fraction of sp³-hybridized carbons (Fsp3) is 0.300. The van der Waals surface area contributed by atoms with E-state index in [2.05, 4.69) is 0 Å². The smallest absolute Gasteiger partial charge is 0.416 e. The molecule has 4 rings (SSSR count). The Hall–Kier alpha value is -2.87. The molecule has 1 N–H and O–H groups in total. The zero-order chi connectivity index (χ0) is 20.1. The third kappa shape index (κ3) is 3.03. The Morgan fingerprint density at radius 3 is 2.68 bits per heavy atom. The van der Waals surface area contributed by atoms with E-state index < -0.39 is 29.7 Å². The number of benzene rings is 2. The molecule has 1 amide bonds. The fourth-order valence-electron chi connectivity index (χ4n) is 3.74. The van der Waals surface area contributed by atoms with Gasteiger partial charge in [-0.05, 0) is 35.4 Å². The Bertz CT molecular complexity index is 957. The fourth-order valence-corrected chi connectivity index (χ4v) is 3.74. The lowest BCUT2D eigenvalue weighted by atomic mass is 9.95. The molecule has 2 atom stereocenters. The number of aliphatic hydroxyl groups excluding tert-OH is 1. The number of aliphatic hydroxyl groups is 1. The number of carbonyl (C=O) groups excluding carboxylic acids is 2. The number of alkyl halides is 3. The Morgan fingerprint density at radius 2 is 1.96 bits per heavy atom. The lowest BCUT2D eigenvalue weighted by Crippen LogP contribution is -2.44. The normalized spacial score (nSPS) is 21.1. The molecule has 0 radical (unpaired) electrons. The lowest BCUT2D eigenvalue weighted by molar-refractivity contribution is -0.137. The molecule has 2 aliphatic rings. The second kappa shape index (κ2) is 6.63. The SMILES string of the molecule is O=C1OC(C(=O)N2CC(CO)c3ccccc32)Cc2cc(C(F)(F)F)ccc21. The van der Waals surface area contributed by atoms with Gasteiger partial charge in [-0.2, -0.15) is 13.2 Å². The van der Waals surface area contributed by atoms with Crippen LogP contribution < -0.4 is 4.90 Å². The van der Waals surface area contributed by atoms with Gasteiger partial charge in [-0.1, -0.05) is 18.2 Å². The van der Waals surface area contributed by atoms with Gasteiger partial charge in [0.15, 0.2) is 6.10 Å². The van der Waals surface area contributed by atoms with Crippen LogP contribution in [0.4, 0.5) is 18.9 Å². The van der Waals surface area contributed by atoms with Crippen molar-refractivity contribution in [2.45, 2.75) is 24.6 Å². The van der Waals surface area contributed by atoms with Gasteiger partial charge in [-0.3, -0.25) is 4.79 Å². The van der Waals surface area contributed by atoms with E-state index in [1.54, 1.807) is 24.3 Å². The van der Waals surface area contributed by atoms with E-state index >= 15 is 0 Å². The molecular weight excluding hydrogens is 375 g/mol. The summed E-state index contributed by atoms with van der Waals surface area (Å²) in [5.41, 5.74) is 0.708. The summed E-state index contributed by atoms with van der Waals surface area (Å²) in [7, 11) is 0. The Kier molecular flexibility index (Phi) is 4.38. The summed E-state index contributed by atoms with van der Waals surface area (Å²) in [4.78, 5) is 26.7. The quantitative estimate of drug-likeness (QED) is 0.800. The second-order valence-electron chi connectivity index (χ2n) is 6.85. The first-order valence-electron chi connectivity index (χ1n) is 8.72. The van der Waals surface area contributed by atoms with Gasteiger partial charge >= 0.3 is 12.1 Å². The van der Waals surface area contributed by atoms with E-state index in [-0.39, 0.29) is 36.6 Å². The summed E-state index contributed by atoms with van der Waals surface area (Å²) in [6, 6.07) is 9.87. The minimum atomic E-state index is -4.54. The molecule has 28 heavy (non-hydrogen) atoms. The van der Waals surface area contributed by atoms with Crippen molar-refractivity contribution in [2.75, 3.05) is 18.1 Å². The summed E-state index contributed by atoms with van der Waals surface area (Å²) in [6.07, 6.45) is -5.89. The number of hydrogen-bond acceptors (Lipinski definition) is 4. The molecule has 0 saturated carbocycles. The molecule has 0 bridgehead atoms. The molecule has 2 aromatic rings. The maximum Gasteiger partial charge on any atom is 0.416 e. The van der Waals surface area contributed by atoms with Crippen LogP contribution in [-0.2, 0) is 22.1 Å². The average molecular weight is 391 g/mol. The molecule has 2 heterocycles. The number of fused-ring (bicyclic) bond motifs is 2. The zero-order valence-corrected chi connectivity index (χ0v) is 14.6. The van der Waals surface area contributed by atoms with Gasteiger partial charge in [0.2, 0.25) is 0 Å². The third-order valence-electron chi connectivity index (χ3n) is 5.14. The van der Waals surface area contributed by atoms with Crippen molar-refractivity contribution in [1.29, 1.82) is 0 Å². The van der Waals surface area contributed by atoms with E-state index in [1.807, 2.05) is 0 Å². The minimum absolute atomic E-state index is 0.0344. The number of hydrogen-bond donors (Lipinski definition) is 1. The molecular formula is C20H16F3NO4. The van der Waals surface area contributed by atoms with E-state index in [0.717, 1.165) is 23.8 Å². The van der Waals surface area contributed by atoms with E-state index in [0.29, 0.717) is 5.69 Å². The number of halogens is 3. The molecule has 2 aliphatic heterocycles. The van der Waals surface area contributed by atoms with Gasteiger partial charge in [0, 0.05) is 24.6 Å². The molecule has 0 aliphatic carbocycles. The van der Waals surface area contributed by atoms with Crippen LogP contribution in [-0.4, -0.2) is 36.2 Å². The van der Waals surface area contributed by atoms with Crippen molar-refractivity contribution in [3.05, 3.63) is 64.7 Å². The summed E-state index contributed by atoms with van der Waals surface area (Å²) >= 11 is 0. The molecule has 5 nitrogen and oxygen atoms in total. The first kappa shape index (κ1) is 18.5. The highest BCUT2D eigenvalue weighted by Gasteiger charge is 2.40.